The van der Waals surface area contributed by atoms with Crippen molar-refractivity contribution in [1.82, 2.24) is 0 Å². The Balaban J connectivity index is -0.0000000257. The summed E-state index contributed by atoms with van der Waals surface area (Å²) in [5.41, 5.74) is 0. The summed E-state index contributed by atoms with van der Waals surface area (Å²) in [5.74, 6) is 0. The molecule has 0 saturated heterocycles. The second kappa shape index (κ2) is 84.4. The molecular weight excluding hydrogens is 177 g/mol. The quantitative estimate of drug-likeness (QED) is 0.405. The molecule has 0 rings (SSSR count). The van der Waals surface area contributed by atoms with E-state index in [1.807, 2.05) is 0 Å². The first-order valence-corrected chi connectivity index (χ1v) is 1.28. The molecule has 0 aromatic rings. The molecule has 0 amide bonds. The van der Waals surface area contributed by atoms with Crippen LogP contribution in [0.1, 0.15) is 0 Å². The minimum Gasteiger partial charge on any atom is -0.665 e. The third-order valence-electron chi connectivity index (χ3n) is 0. The Hall–Kier alpha value is -0.720. The van der Waals surface area contributed by atoms with Crippen LogP contribution < -0.4 is 0 Å². The van der Waals surface area contributed by atoms with Gasteiger partial charge < -0.3 is 29.7 Å². The Morgan fingerprint density at radius 3 is 0.700 bits per heavy atom. The molecule has 0 aromatic carbocycles. The van der Waals surface area contributed by atoms with Gasteiger partial charge in [-0.1, -0.05) is 19.4 Å². The molecule has 54 valence electrons. The van der Waals surface area contributed by atoms with Crippen LogP contribution in [0.3, 0.4) is 0 Å². The van der Waals surface area contributed by atoms with Crippen molar-refractivity contribution in [3.63, 3.8) is 0 Å². The van der Waals surface area contributed by atoms with Gasteiger partial charge >= 0.3 is 25.8 Å². The van der Waals surface area contributed by atoms with Crippen molar-refractivity contribution >= 4 is 19.4 Å². The molecule has 0 saturated carbocycles. The van der Waals surface area contributed by atoms with Crippen molar-refractivity contribution in [2.75, 3.05) is 0 Å². The Kier molecular flexibility index (Phi) is 193. The van der Waals surface area contributed by atoms with E-state index in [0.29, 0.717) is 19.4 Å². The fourth-order valence-electron chi connectivity index (χ4n) is 0. The molecule has 0 atom stereocenters. The van der Waals surface area contributed by atoms with E-state index in [0.717, 1.165) is 0 Å². The molecule has 0 fully saturated rings. The van der Waals surface area contributed by atoms with Crippen molar-refractivity contribution in [1.29, 1.82) is 0 Å². The molecule has 0 aliphatic heterocycles. The summed E-state index contributed by atoms with van der Waals surface area (Å²) in [7, 11) is 0. The maximum atomic E-state index is 8.24. The summed E-state index contributed by atoms with van der Waals surface area (Å²) < 4.78 is 0. The number of hydrogen-bond acceptors (Lipinski definition) is 3. The summed E-state index contributed by atoms with van der Waals surface area (Å²) in [6, 6.07) is 0. The van der Waals surface area contributed by atoms with Crippen LogP contribution in [-0.4, -0.2) is 34.7 Å². The van der Waals surface area contributed by atoms with Gasteiger partial charge in [-0.05, 0) is 0 Å². The van der Waals surface area contributed by atoms with E-state index in [1.165, 1.54) is 0 Å². The first-order chi connectivity index (χ1) is 4.24. The molecule has 0 radical (unpaired) electrons. The molecule has 0 aliphatic carbocycles. The van der Waals surface area contributed by atoms with E-state index >= 15 is 0 Å². The van der Waals surface area contributed by atoms with E-state index < -0.39 is 0 Å². The van der Waals surface area contributed by atoms with Gasteiger partial charge in [0.25, 0.3) is 0 Å². The largest absolute Gasteiger partial charge is 3.00 e. The van der Waals surface area contributed by atoms with Gasteiger partial charge in [0.15, 0.2) is 0 Å². The van der Waals surface area contributed by atoms with Crippen LogP contribution in [0.5, 0.6) is 0 Å². The van der Waals surface area contributed by atoms with Gasteiger partial charge in [0.2, 0.25) is 0 Å². The topological polar surface area (TPSA) is 112 Å². The van der Waals surface area contributed by atoms with E-state index in [1.54, 1.807) is 0 Å². The SMILES string of the molecule is O=[C-]O.O=[C-]O.O=[C-]O.[Sc+3]. The molecule has 7 heteroatoms. The Labute approximate surface area is 75.3 Å². The first kappa shape index (κ1) is 22.8. The van der Waals surface area contributed by atoms with Crippen LogP contribution in [0.25, 0.3) is 0 Å². The van der Waals surface area contributed by atoms with Crippen LogP contribution in [0, 0.1) is 0 Å². The van der Waals surface area contributed by atoms with Gasteiger partial charge in [0.1, 0.15) is 0 Å². The number of rotatable bonds is 0. The van der Waals surface area contributed by atoms with Gasteiger partial charge in [0.05, 0.1) is 0 Å². The molecule has 0 aliphatic rings. The van der Waals surface area contributed by atoms with E-state index in [-0.39, 0.29) is 25.8 Å². The number of hydrogen-bond donors (Lipinski definition) is 3. The molecular formula is C3H3O6Sc. The number of aliphatic hydroxyl groups excluding tert-OH is 3. The van der Waals surface area contributed by atoms with Crippen LogP contribution in [-0.2, 0) is 40.2 Å². The van der Waals surface area contributed by atoms with Crippen molar-refractivity contribution in [2.24, 2.45) is 0 Å². The minimum atomic E-state index is 0. The Morgan fingerprint density at radius 1 is 0.700 bits per heavy atom. The maximum absolute atomic E-state index is 8.24. The zero-order chi connectivity index (χ0) is 8.12. The minimum absolute atomic E-state index is 0. The smallest absolute Gasteiger partial charge is 0.665 e. The zero-order valence-corrected chi connectivity index (χ0v) is 6.45. The third-order valence-corrected chi connectivity index (χ3v) is 0. The standard InChI is InChI=1S/3CHO2.Sc/c3*2-1-3;/h3*(H,2,3);/q3*-1;+3. The molecule has 3 N–H and O–H groups in total. The Bertz CT molecular complexity index is 49.7. The van der Waals surface area contributed by atoms with Gasteiger partial charge in [-0.15, -0.1) is 0 Å². The van der Waals surface area contributed by atoms with Gasteiger partial charge in [0, 0.05) is 0 Å². The van der Waals surface area contributed by atoms with Crippen molar-refractivity contribution in [2.45, 2.75) is 0 Å². The second-order valence-electron chi connectivity index (χ2n) is 0.274. The summed E-state index contributed by atoms with van der Waals surface area (Å²) in [6.45, 7) is 1.50. The van der Waals surface area contributed by atoms with Crippen molar-refractivity contribution in [3.05, 3.63) is 0 Å². The average Bonchev–Trinajstić information content (AvgIpc) is 1.70. The van der Waals surface area contributed by atoms with Crippen LogP contribution in [0.2, 0.25) is 0 Å². The third kappa shape index (κ3) is 554. The fourth-order valence-corrected chi connectivity index (χ4v) is 0. The Morgan fingerprint density at radius 2 is 0.700 bits per heavy atom. The maximum Gasteiger partial charge on any atom is 3.00 e. The van der Waals surface area contributed by atoms with Gasteiger partial charge in [-0.25, -0.2) is 0 Å². The molecule has 6 nitrogen and oxygen atoms in total. The van der Waals surface area contributed by atoms with Crippen molar-refractivity contribution in [3.8, 4) is 0 Å². The predicted octanol–water partition coefficient (Wildman–Crippen LogP) is -1.17. The first-order valence-electron chi connectivity index (χ1n) is 1.28. The van der Waals surface area contributed by atoms with E-state index in [2.05, 4.69) is 0 Å². The normalized spacial score (nSPS) is 3.60. The predicted molar refractivity (Wildman–Crippen MR) is 25.0 cm³/mol. The molecule has 0 aromatic heterocycles. The fraction of sp³-hybridized carbons (Fsp3) is 0. The average molecular weight is 180 g/mol. The van der Waals surface area contributed by atoms with Crippen LogP contribution in [0.4, 0.5) is 0 Å². The summed E-state index contributed by atoms with van der Waals surface area (Å²) in [6.07, 6.45) is 0. The van der Waals surface area contributed by atoms with Gasteiger partial charge in [-0.3, -0.25) is 0 Å². The van der Waals surface area contributed by atoms with E-state index in [4.69, 9.17) is 29.7 Å². The summed E-state index contributed by atoms with van der Waals surface area (Å²) in [4.78, 5) is 24.7. The van der Waals surface area contributed by atoms with Crippen LogP contribution in [0.15, 0.2) is 0 Å². The molecule has 0 spiro atoms. The molecule has 0 unspecified atom stereocenters. The monoisotopic (exact) mass is 180 g/mol. The summed E-state index contributed by atoms with van der Waals surface area (Å²) in [5, 5.41) is 20.3. The second-order valence-corrected chi connectivity index (χ2v) is 0.274. The van der Waals surface area contributed by atoms with E-state index in [9.17, 15) is 0 Å². The zero-order valence-electron chi connectivity index (χ0n) is 4.64. The van der Waals surface area contributed by atoms with Crippen LogP contribution >= 0.6 is 0 Å². The van der Waals surface area contributed by atoms with Crippen molar-refractivity contribution < 1.29 is 55.5 Å². The summed E-state index contributed by atoms with van der Waals surface area (Å²) >= 11 is 0. The van der Waals surface area contributed by atoms with Gasteiger partial charge in [-0.2, -0.15) is 0 Å². The molecule has 0 bridgehead atoms. The molecule has 0 heterocycles. The molecule has 10 heavy (non-hydrogen) atoms.